The quantitative estimate of drug-likeness (QED) is 0.601. The zero-order chi connectivity index (χ0) is 23.4. The van der Waals surface area contributed by atoms with E-state index >= 15 is 0 Å². The lowest BCUT2D eigenvalue weighted by Gasteiger charge is -2.32. The van der Waals surface area contributed by atoms with Crippen LogP contribution >= 0.6 is 0 Å². The summed E-state index contributed by atoms with van der Waals surface area (Å²) in [7, 11) is 0. The number of aliphatic hydroxyl groups excluding tert-OH is 1. The van der Waals surface area contributed by atoms with Gasteiger partial charge < -0.3 is 20.1 Å². The van der Waals surface area contributed by atoms with Crippen molar-refractivity contribution in [1.29, 1.82) is 0 Å². The molecule has 0 spiro atoms. The lowest BCUT2D eigenvalue weighted by Crippen LogP contribution is -2.39. The predicted molar refractivity (Wildman–Crippen MR) is 114 cm³/mol. The van der Waals surface area contributed by atoms with E-state index in [-0.39, 0.29) is 11.3 Å². The van der Waals surface area contributed by atoms with Crippen molar-refractivity contribution in [3.8, 4) is 16.9 Å². The van der Waals surface area contributed by atoms with Gasteiger partial charge in [-0.05, 0) is 43.2 Å². The Morgan fingerprint density at radius 2 is 1.88 bits per heavy atom. The number of alkyl halides is 3. The Labute approximate surface area is 187 Å². The zero-order valence-corrected chi connectivity index (χ0v) is 17.3. The SMILES string of the molecule is O=C(Nc1ccc(OC(F)(F)F)cc1)c1cnc(N2CCC[C@H](O)C2)c(-c2cncnc2)c1. The number of aromatic nitrogens is 3. The maximum absolute atomic E-state index is 12.8. The number of hydrogen-bond acceptors (Lipinski definition) is 7. The second-order valence-corrected chi connectivity index (χ2v) is 7.49. The number of halogens is 3. The Balaban J connectivity index is 1.58. The highest BCUT2D eigenvalue weighted by molar-refractivity contribution is 6.05. The van der Waals surface area contributed by atoms with Gasteiger partial charge in [-0.2, -0.15) is 0 Å². The molecule has 2 N–H and O–H groups in total. The van der Waals surface area contributed by atoms with E-state index in [2.05, 4.69) is 25.0 Å². The van der Waals surface area contributed by atoms with Crippen LogP contribution in [0, 0.1) is 0 Å². The van der Waals surface area contributed by atoms with E-state index in [1.165, 1.54) is 24.7 Å². The molecule has 0 bridgehead atoms. The molecule has 0 aliphatic carbocycles. The molecule has 0 saturated carbocycles. The van der Waals surface area contributed by atoms with Crippen LogP contribution in [0.15, 0.2) is 55.2 Å². The number of nitrogens with zero attached hydrogens (tertiary/aromatic N) is 4. The molecule has 3 heterocycles. The number of β-amino-alcohol motifs (C(OH)–C–C–N with tert-alkyl or cyclic N) is 1. The monoisotopic (exact) mass is 459 g/mol. The largest absolute Gasteiger partial charge is 0.573 e. The van der Waals surface area contributed by atoms with Gasteiger partial charge in [-0.25, -0.2) is 15.0 Å². The van der Waals surface area contributed by atoms with Gasteiger partial charge >= 0.3 is 6.36 Å². The van der Waals surface area contributed by atoms with Gasteiger partial charge in [0.15, 0.2) is 0 Å². The van der Waals surface area contributed by atoms with Gasteiger partial charge in [-0.3, -0.25) is 4.79 Å². The fourth-order valence-corrected chi connectivity index (χ4v) is 3.57. The first-order chi connectivity index (χ1) is 15.8. The summed E-state index contributed by atoms with van der Waals surface area (Å²) >= 11 is 0. The van der Waals surface area contributed by atoms with Crippen molar-refractivity contribution in [2.75, 3.05) is 23.3 Å². The maximum atomic E-state index is 12.8. The average molecular weight is 459 g/mol. The molecule has 172 valence electrons. The molecule has 2 aromatic heterocycles. The molecule has 3 aromatic rings. The van der Waals surface area contributed by atoms with Gasteiger partial charge in [-0.1, -0.05) is 0 Å². The molecular formula is C22H20F3N5O3. The minimum Gasteiger partial charge on any atom is -0.406 e. The summed E-state index contributed by atoms with van der Waals surface area (Å²) in [4.78, 5) is 27.3. The number of aliphatic hydroxyl groups is 1. The zero-order valence-electron chi connectivity index (χ0n) is 17.3. The van der Waals surface area contributed by atoms with Crippen molar-refractivity contribution >= 4 is 17.4 Å². The van der Waals surface area contributed by atoms with Crippen LogP contribution in [-0.4, -0.2) is 51.5 Å². The average Bonchev–Trinajstić information content (AvgIpc) is 2.79. The molecule has 1 aliphatic heterocycles. The summed E-state index contributed by atoms with van der Waals surface area (Å²) in [6.45, 7) is 1.13. The Hall–Kier alpha value is -3.73. The number of nitrogens with one attached hydrogen (secondary N) is 1. The molecular weight excluding hydrogens is 439 g/mol. The fraction of sp³-hybridized carbons (Fsp3) is 0.273. The number of hydrogen-bond donors (Lipinski definition) is 2. The molecule has 8 nitrogen and oxygen atoms in total. The van der Waals surface area contributed by atoms with Crippen LogP contribution in [0.1, 0.15) is 23.2 Å². The van der Waals surface area contributed by atoms with E-state index in [4.69, 9.17) is 0 Å². The molecule has 1 aliphatic rings. The van der Waals surface area contributed by atoms with Gasteiger partial charge in [0.1, 0.15) is 17.9 Å². The van der Waals surface area contributed by atoms with E-state index in [1.54, 1.807) is 18.5 Å². The molecule has 0 radical (unpaired) electrons. The van der Waals surface area contributed by atoms with Crippen LogP contribution in [0.4, 0.5) is 24.7 Å². The number of rotatable bonds is 5. The number of piperidine rings is 1. The van der Waals surface area contributed by atoms with E-state index in [0.717, 1.165) is 18.6 Å². The third kappa shape index (κ3) is 5.75. The Morgan fingerprint density at radius 1 is 1.15 bits per heavy atom. The van der Waals surface area contributed by atoms with Crippen LogP contribution in [0.2, 0.25) is 0 Å². The highest BCUT2D eigenvalue weighted by atomic mass is 19.4. The Morgan fingerprint density at radius 3 is 2.55 bits per heavy atom. The summed E-state index contributed by atoms with van der Waals surface area (Å²) in [5, 5.41) is 12.7. The van der Waals surface area contributed by atoms with Crippen molar-refractivity contribution in [3.05, 3.63) is 60.8 Å². The summed E-state index contributed by atoms with van der Waals surface area (Å²) in [5.41, 5.74) is 1.82. The first-order valence-corrected chi connectivity index (χ1v) is 10.1. The van der Waals surface area contributed by atoms with Crippen molar-refractivity contribution in [1.82, 2.24) is 15.0 Å². The molecule has 0 unspecified atom stereocenters. The second-order valence-electron chi connectivity index (χ2n) is 7.49. The van der Waals surface area contributed by atoms with Gasteiger partial charge in [0, 0.05) is 48.5 Å². The van der Waals surface area contributed by atoms with Crippen LogP contribution in [0.5, 0.6) is 5.75 Å². The number of pyridine rings is 1. The Kier molecular flexibility index (Phi) is 6.40. The van der Waals surface area contributed by atoms with Crippen LogP contribution in [0.3, 0.4) is 0 Å². The Bertz CT molecular complexity index is 1110. The lowest BCUT2D eigenvalue weighted by atomic mass is 10.0. The molecule has 1 amide bonds. The van der Waals surface area contributed by atoms with Crippen molar-refractivity contribution in [2.45, 2.75) is 25.3 Å². The van der Waals surface area contributed by atoms with Crippen LogP contribution in [0.25, 0.3) is 11.1 Å². The van der Waals surface area contributed by atoms with Crippen LogP contribution < -0.4 is 15.0 Å². The van der Waals surface area contributed by atoms with Gasteiger partial charge in [0.25, 0.3) is 5.91 Å². The number of amides is 1. The topological polar surface area (TPSA) is 100 Å². The number of carbonyl (C=O) groups is 1. The van der Waals surface area contributed by atoms with Gasteiger partial charge in [-0.15, -0.1) is 13.2 Å². The van der Waals surface area contributed by atoms with Gasteiger partial charge in [0.2, 0.25) is 0 Å². The fourth-order valence-electron chi connectivity index (χ4n) is 3.57. The summed E-state index contributed by atoms with van der Waals surface area (Å²) < 4.78 is 40.8. The first-order valence-electron chi connectivity index (χ1n) is 10.1. The lowest BCUT2D eigenvalue weighted by molar-refractivity contribution is -0.274. The molecule has 33 heavy (non-hydrogen) atoms. The highest BCUT2D eigenvalue weighted by Gasteiger charge is 2.31. The smallest absolute Gasteiger partial charge is 0.406 e. The predicted octanol–water partition coefficient (Wildman–Crippen LogP) is 3.65. The van der Waals surface area contributed by atoms with Gasteiger partial charge in [0.05, 0.1) is 11.7 Å². The highest BCUT2D eigenvalue weighted by Crippen LogP contribution is 2.31. The van der Waals surface area contributed by atoms with E-state index in [1.807, 2.05) is 4.90 Å². The molecule has 1 fully saturated rings. The molecule has 1 atom stereocenters. The van der Waals surface area contributed by atoms with E-state index in [0.29, 0.717) is 42.1 Å². The second kappa shape index (κ2) is 9.41. The standard InChI is InChI=1S/C22H20F3N5O3/c23-22(24,25)33-18-5-3-16(4-6-18)29-21(32)14-8-19(15-9-26-13-27-10-15)20(28-11-14)30-7-1-2-17(31)12-30/h3-6,8-11,13,17,31H,1-2,7,12H2,(H,29,32)/t17-/m0/s1. The third-order valence-corrected chi connectivity index (χ3v) is 5.04. The third-order valence-electron chi connectivity index (χ3n) is 5.04. The van der Waals surface area contributed by atoms with Crippen molar-refractivity contribution in [3.63, 3.8) is 0 Å². The minimum absolute atomic E-state index is 0.241. The van der Waals surface area contributed by atoms with E-state index < -0.39 is 18.4 Å². The molecule has 4 rings (SSSR count). The molecule has 1 aromatic carbocycles. The summed E-state index contributed by atoms with van der Waals surface area (Å²) in [6, 6.07) is 6.49. The van der Waals surface area contributed by atoms with Crippen molar-refractivity contribution < 1.29 is 27.8 Å². The normalized spacial score (nSPS) is 16.4. The number of benzene rings is 1. The summed E-state index contributed by atoms with van der Waals surface area (Å²) in [6.07, 6.45) is 2.29. The molecule has 1 saturated heterocycles. The number of carbonyl (C=O) groups excluding carboxylic acids is 1. The molecule has 11 heteroatoms. The van der Waals surface area contributed by atoms with E-state index in [9.17, 15) is 23.1 Å². The number of anilines is 2. The first kappa shape index (κ1) is 22.5. The maximum Gasteiger partial charge on any atom is 0.573 e. The van der Waals surface area contributed by atoms with Crippen molar-refractivity contribution in [2.24, 2.45) is 0 Å². The van der Waals surface area contributed by atoms with Crippen LogP contribution in [-0.2, 0) is 0 Å². The number of ether oxygens (including phenoxy) is 1. The minimum atomic E-state index is -4.79. The summed E-state index contributed by atoms with van der Waals surface area (Å²) in [5.74, 6) is -0.273.